The summed E-state index contributed by atoms with van der Waals surface area (Å²) in [7, 11) is 0. The molecule has 0 bridgehead atoms. The Labute approximate surface area is 120 Å². The highest BCUT2D eigenvalue weighted by Gasteiger charge is 2.27. The summed E-state index contributed by atoms with van der Waals surface area (Å²) < 4.78 is 37.4. The molecule has 1 aromatic heterocycles. The molecular formula is C13H18F3NS2. The van der Waals surface area contributed by atoms with Gasteiger partial charge >= 0.3 is 6.18 Å². The lowest BCUT2D eigenvalue weighted by molar-refractivity contribution is -0.135. The van der Waals surface area contributed by atoms with Gasteiger partial charge in [0.15, 0.2) is 0 Å². The van der Waals surface area contributed by atoms with E-state index in [1.165, 1.54) is 9.77 Å². The molecule has 1 nitrogen and oxygen atoms in total. The van der Waals surface area contributed by atoms with Crippen molar-refractivity contribution in [1.29, 1.82) is 0 Å². The van der Waals surface area contributed by atoms with Crippen molar-refractivity contribution in [3.8, 4) is 0 Å². The zero-order valence-electron chi connectivity index (χ0n) is 10.8. The molecule has 1 unspecified atom stereocenters. The van der Waals surface area contributed by atoms with Gasteiger partial charge in [-0.15, -0.1) is 23.1 Å². The molecule has 1 aliphatic heterocycles. The zero-order chi connectivity index (χ0) is 13.9. The van der Waals surface area contributed by atoms with Crippen molar-refractivity contribution in [3.63, 3.8) is 0 Å². The van der Waals surface area contributed by atoms with Crippen molar-refractivity contribution in [2.75, 3.05) is 6.54 Å². The van der Waals surface area contributed by atoms with Crippen LogP contribution in [0, 0.1) is 0 Å². The van der Waals surface area contributed by atoms with Gasteiger partial charge in [0.1, 0.15) is 0 Å². The van der Waals surface area contributed by atoms with Crippen LogP contribution in [0.5, 0.6) is 0 Å². The Bertz CT molecular complexity index is 403. The van der Waals surface area contributed by atoms with Crippen LogP contribution in [0.2, 0.25) is 0 Å². The first-order valence-corrected chi connectivity index (χ1v) is 8.26. The van der Waals surface area contributed by atoms with Crippen LogP contribution in [-0.4, -0.2) is 18.0 Å². The van der Waals surface area contributed by atoms with E-state index in [4.69, 9.17) is 0 Å². The Balaban J connectivity index is 1.75. The Morgan fingerprint density at radius 3 is 2.89 bits per heavy atom. The van der Waals surface area contributed by atoms with Gasteiger partial charge in [-0.2, -0.15) is 13.2 Å². The number of unbranched alkanes of at least 4 members (excludes halogenated alkanes) is 1. The average molecular weight is 309 g/mol. The number of thioether (sulfide) groups is 1. The smallest absolute Gasteiger partial charge is 0.310 e. The van der Waals surface area contributed by atoms with E-state index < -0.39 is 12.6 Å². The summed E-state index contributed by atoms with van der Waals surface area (Å²) in [5, 5.41) is 6.07. The molecule has 108 valence electrons. The molecule has 0 radical (unpaired) electrons. The molecule has 1 aromatic rings. The Morgan fingerprint density at radius 2 is 2.16 bits per heavy atom. The summed E-state index contributed by atoms with van der Waals surface area (Å²) in [4.78, 5) is 0. The van der Waals surface area contributed by atoms with Gasteiger partial charge in [0.05, 0.1) is 4.21 Å². The van der Waals surface area contributed by atoms with E-state index in [9.17, 15) is 13.2 Å². The number of rotatable bonds is 5. The van der Waals surface area contributed by atoms with Crippen LogP contribution in [0.4, 0.5) is 13.2 Å². The van der Waals surface area contributed by atoms with Crippen LogP contribution in [0.3, 0.4) is 0 Å². The van der Waals surface area contributed by atoms with Crippen LogP contribution >= 0.6 is 23.1 Å². The average Bonchev–Trinajstić information content (AvgIpc) is 2.74. The molecule has 2 rings (SSSR count). The maximum absolute atomic E-state index is 12.0. The topological polar surface area (TPSA) is 12.0 Å². The summed E-state index contributed by atoms with van der Waals surface area (Å²) in [6, 6.07) is 2.44. The molecule has 0 spiro atoms. The fourth-order valence-electron chi connectivity index (χ4n) is 2.27. The van der Waals surface area contributed by atoms with E-state index in [0.717, 1.165) is 6.42 Å². The molecule has 0 amide bonds. The van der Waals surface area contributed by atoms with Gasteiger partial charge in [-0.3, -0.25) is 0 Å². The number of alkyl halides is 3. The largest absolute Gasteiger partial charge is 0.389 e. The van der Waals surface area contributed by atoms with E-state index in [0.29, 0.717) is 24.3 Å². The van der Waals surface area contributed by atoms with Crippen molar-refractivity contribution < 1.29 is 13.2 Å². The van der Waals surface area contributed by atoms with Crippen LogP contribution < -0.4 is 5.32 Å². The molecule has 1 N–H and O–H groups in total. The maximum atomic E-state index is 12.0. The number of halogens is 3. The van der Waals surface area contributed by atoms with Gasteiger partial charge in [0.2, 0.25) is 0 Å². The zero-order valence-corrected chi connectivity index (χ0v) is 12.4. The lowest BCUT2D eigenvalue weighted by Gasteiger charge is -2.27. The van der Waals surface area contributed by atoms with Gasteiger partial charge in [0.25, 0.3) is 0 Å². The molecule has 0 aliphatic carbocycles. The summed E-state index contributed by atoms with van der Waals surface area (Å²) in [6.07, 6.45) is -2.85. The van der Waals surface area contributed by atoms with Gasteiger partial charge in [-0.05, 0) is 42.8 Å². The Kier molecular flexibility index (Phi) is 5.20. The lowest BCUT2D eigenvalue weighted by Crippen LogP contribution is -2.27. The van der Waals surface area contributed by atoms with Gasteiger partial charge in [0, 0.05) is 17.7 Å². The van der Waals surface area contributed by atoms with Crippen molar-refractivity contribution in [2.24, 2.45) is 0 Å². The second-order valence-corrected chi connectivity index (χ2v) is 7.53. The molecule has 6 heteroatoms. The molecule has 0 saturated heterocycles. The molecule has 0 fully saturated rings. The number of fused-ring (bicyclic) bond motifs is 1. The summed E-state index contributed by atoms with van der Waals surface area (Å²) in [6.45, 7) is 2.86. The third kappa shape index (κ3) is 4.68. The standard InChI is InChI=1S/C13H18F3NS2/c1-9-8-11(10-4-7-18-12(10)19-9)17-6-3-2-5-13(14,15)16/h4,7,9,11,17H,2-3,5-6,8H2,1H3/t9-,11?/m0/s1. The Morgan fingerprint density at radius 1 is 1.37 bits per heavy atom. The third-order valence-electron chi connectivity index (χ3n) is 3.19. The van der Waals surface area contributed by atoms with E-state index in [-0.39, 0.29) is 6.42 Å². The predicted molar refractivity (Wildman–Crippen MR) is 74.9 cm³/mol. The second kappa shape index (κ2) is 6.50. The highest BCUT2D eigenvalue weighted by molar-refractivity contribution is 8.01. The summed E-state index contributed by atoms with van der Waals surface area (Å²) >= 11 is 3.65. The van der Waals surface area contributed by atoms with Crippen molar-refractivity contribution in [3.05, 3.63) is 17.0 Å². The minimum Gasteiger partial charge on any atom is -0.310 e. The first kappa shape index (κ1) is 15.2. The minimum absolute atomic E-state index is 0.212. The molecule has 1 aliphatic rings. The van der Waals surface area contributed by atoms with Crippen LogP contribution in [0.15, 0.2) is 15.7 Å². The van der Waals surface area contributed by atoms with Gasteiger partial charge in [-0.1, -0.05) is 6.92 Å². The number of thiophene rings is 1. The molecular weight excluding hydrogens is 291 g/mol. The Hall–Kier alpha value is -0.200. The monoisotopic (exact) mass is 309 g/mol. The van der Waals surface area contributed by atoms with E-state index in [2.05, 4.69) is 23.7 Å². The number of hydrogen-bond donors (Lipinski definition) is 1. The first-order valence-electron chi connectivity index (χ1n) is 6.50. The first-order chi connectivity index (χ1) is 8.96. The fourth-order valence-corrected chi connectivity index (χ4v) is 4.84. The van der Waals surface area contributed by atoms with Crippen LogP contribution in [0.25, 0.3) is 0 Å². The fraction of sp³-hybridized carbons (Fsp3) is 0.692. The van der Waals surface area contributed by atoms with Crippen molar-refractivity contribution in [2.45, 2.75) is 54.3 Å². The SMILES string of the molecule is C[C@H]1CC(NCCCCC(F)(F)F)c2ccsc2S1. The quantitative estimate of drug-likeness (QED) is 0.769. The van der Waals surface area contributed by atoms with E-state index >= 15 is 0 Å². The normalized spacial score (nSPS) is 23.4. The van der Waals surface area contributed by atoms with Crippen LogP contribution in [-0.2, 0) is 0 Å². The highest BCUT2D eigenvalue weighted by atomic mass is 32.2. The summed E-state index contributed by atoms with van der Waals surface area (Å²) in [5.74, 6) is 0. The molecule has 2 heterocycles. The van der Waals surface area contributed by atoms with E-state index in [1.54, 1.807) is 11.3 Å². The number of nitrogens with one attached hydrogen (secondary N) is 1. The second-order valence-electron chi connectivity index (χ2n) is 4.91. The molecule has 2 atom stereocenters. The summed E-state index contributed by atoms with van der Waals surface area (Å²) in [5.41, 5.74) is 1.32. The molecule has 19 heavy (non-hydrogen) atoms. The van der Waals surface area contributed by atoms with Crippen molar-refractivity contribution in [1.82, 2.24) is 5.32 Å². The maximum Gasteiger partial charge on any atom is 0.389 e. The number of hydrogen-bond acceptors (Lipinski definition) is 3. The van der Waals surface area contributed by atoms with Crippen LogP contribution in [0.1, 0.15) is 44.2 Å². The van der Waals surface area contributed by atoms with E-state index in [1.807, 2.05) is 11.8 Å². The minimum atomic E-state index is -4.02. The van der Waals surface area contributed by atoms with Crippen molar-refractivity contribution >= 4 is 23.1 Å². The predicted octanol–water partition coefficient (Wildman–Crippen LogP) is 5.00. The molecule has 0 aromatic carbocycles. The highest BCUT2D eigenvalue weighted by Crippen LogP contribution is 2.43. The molecule has 0 saturated carbocycles. The van der Waals surface area contributed by atoms with Gasteiger partial charge < -0.3 is 5.32 Å². The lowest BCUT2D eigenvalue weighted by atomic mass is 10.0. The van der Waals surface area contributed by atoms with Gasteiger partial charge in [-0.25, -0.2) is 0 Å². The third-order valence-corrected chi connectivity index (χ3v) is 5.53.